The highest BCUT2D eigenvalue weighted by molar-refractivity contribution is 7.53. The maximum absolute atomic E-state index is 12.4. The standard InChI is InChI=1S/C23H35ClN5O8P/c1-23(38(32,33)34,13-28-8-10-35-11-9-28)36-12-16-17(30)18(31)21(37-16)29-7-6-15-19(25-14-4-2-3-5-14)26-22(24)27-20(15)29/h6-7,14,16-18,21,30-31H,2-5,8-13H2,1H3,(H,25,26,27)(H2,32,33,34)/t16-,17-,18-,21-,23?/m1/s1. The molecule has 0 spiro atoms. The normalized spacial score (nSPS) is 29.2. The molecule has 1 unspecified atom stereocenters. The molecule has 3 aliphatic rings. The van der Waals surface area contributed by atoms with Gasteiger partial charge in [-0.1, -0.05) is 12.8 Å². The zero-order valence-corrected chi connectivity index (χ0v) is 22.8. The van der Waals surface area contributed by atoms with Gasteiger partial charge >= 0.3 is 7.60 Å². The molecule has 3 fully saturated rings. The minimum atomic E-state index is -4.71. The number of hydrogen-bond acceptors (Lipinski definition) is 10. The Hall–Kier alpha value is -1.38. The summed E-state index contributed by atoms with van der Waals surface area (Å²) >= 11 is 6.23. The number of halogens is 1. The highest BCUT2D eigenvalue weighted by atomic mass is 35.5. The summed E-state index contributed by atoms with van der Waals surface area (Å²) in [6.07, 6.45) is 1.28. The van der Waals surface area contributed by atoms with Crippen LogP contribution in [0.3, 0.4) is 0 Å². The van der Waals surface area contributed by atoms with Crippen LogP contribution in [0.5, 0.6) is 0 Å². The lowest BCUT2D eigenvalue weighted by molar-refractivity contribution is -0.101. The maximum atomic E-state index is 12.4. The molecule has 15 heteroatoms. The molecule has 38 heavy (non-hydrogen) atoms. The van der Waals surface area contributed by atoms with Crippen LogP contribution in [0.4, 0.5) is 5.82 Å². The minimum Gasteiger partial charge on any atom is -0.387 e. The lowest BCUT2D eigenvalue weighted by Gasteiger charge is -2.37. The van der Waals surface area contributed by atoms with Crippen molar-refractivity contribution in [2.45, 2.75) is 68.5 Å². The third-order valence-corrected chi connectivity index (χ3v) is 9.32. The number of aromatic nitrogens is 3. The molecule has 2 aromatic rings. The zero-order valence-electron chi connectivity index (χ0n) is 21.1. The Kier molecular flexibility index (Phi) is 8.33. The van der Waals surface area contributed by atoms with Crippen LogP contribution >= 0.6 is 19.2 Å². The molecule has 2 aromatic heterocycles. The van der Waals surface area contributed by atoms with Gasteiger partial charge in [0, 0.05) is 31.9 Å². The fraction of sp³-hybridized carbons (Fsp3) is 0.739. The Bertz CT molecular complexity index is 1170. The second kappa shape index (κ2) is 11.2. The molecule has 2 aliphatic heterocycles. The molecule has 0 aromatic carbocycles. The average Bonchev–Trinajstić information content (AvgIpc) is 3.59. The van der Waals surface area contributed by atoms with E-state index in [1.807, 2.05) is 4.90 Å². The van der Waals surface area contributed by atoms with Crippen LogP contribution < -0.4 is 5.32 Å². The van der Waals surface area contributed by atoms with Crippen molar-refractivity contribution in [3.8, 4) is 0 Å². The first kappa shape index (κ1) is 28.2. The molecule has 5 rings (SSSR count). The van der Waals surface area contributed by atoms with Crippen LogP contribution in [0.25, 0.3) is 11.0 Å². The van der Waals surface area contributed by atoms with E-state index in [1.165, 1.54) is 6.92 Å². The van der Waals surface area contributed by atoms with Crippen LogP contribution in [0.1, 0.15) is 38.8 Å². The molecule has 1 aliphatic carbocycles. The largest absolute Gasteiger partial charge is 0.387 e. The number of aliphatic hydroxyl groups excluding tert-OH is 2. The molecule has 212 valence electrons. The van der Waals surface area contributed by atoms with Gasteiger partial charge in [0.25, 0.3) is 0 Å². The Balaban J connectivity index is 1.32. The fourth-order valence-electron chi connectivity index (χ4n) is 5.34. The molecule has 5 atom stereocenters. The predicted molar refractivity (Wildman–Crippen MR) is 138 cm³/mol. The van der Waals surface area contributed by atoms with Gasteiger partial charge in [-0.05, 0) is 37.4 Å². The monoisotopic (exact) mass is 575 g/mol. The molecule has 0 amide bonds. The first-order valence-corrected chi connectivity index (χ1v) is 14.9. The van der Waals surface area contributed by atoms with Crippen molar-refractivity contribution in [2.24, 2.45) is 0 Å². The number of nitrogens with one attached hydrogen (secondary N) is 1. The lowest BCUT2D eigenvalue weighted by atomic mass is 10.1. The number of anilines is 1. The number of nitrogens with zero attached hydrogens (tertiary/aromatic N) is 4. The fourth-order valence-corrected chi connectivity index (χ4v) is 6.13. The van der Waals surface area contributed by atoms with Crippen molar-refractivity contribution in [1.29, 1.82) is 0 Å². The Morgan fingerprint density at radius 1 is 1.21 bits per heavy atom. The van der Waals surface area contributed by atoms with E-state index in [9.17, 15) is 24.6 Å². The van der Waals surface area contributed by atoms with Crippen molar-refractivity contribution >= 4 is 36.0 Å². The van der Waals surface area contributed by atoms with Gasteiger partial charge in [0.15, 0.2) is 11.6 Å². The summed E-state index contributed by atoms with van der Waals surface area (Å²) in [5.41, 5.74) is 0.427. The van der Waals surface area contributed by atoms with Gasteiger partial charge in [-0.15, -0.1) is 0 Å². The smallest absolute Gasteiger partial charge is 0.358 e. The predicted octanol–water partition coefficient (Wildman–Crippen LogP) is 1.30. The van der Waals surface area contributed by atoms with Gasteiger partial charge < -0.3 is 44.1 Å². The van der Waals surface area contributed by atoms with Gasteiger partial charge in [0.2, 0.25) is 5.28 Å². The topological polar surface area (TPSA) is 172 Å². The second-order valence-corrected chi connectivity index (χ2v) is 12.8. The summed E-state index contributed by atoms with van der Waals surface area (Å²) in [6, 6.07) is 2.09. The molecule has 0 radical (unpaired) electrons. The first-order valence-electron chi connectivity index (χ1n) is 12.9. The lowest BCUT2D eigenvalue weighted by Crippen LogP contribution is -2.48. The highest BCUT2D eigenvalue weighted by Crippen LogP contribution is 2.52. The molecule has 2 saturated heterocycles. The molecule has 1 saturated carbocycles. The number of morpholine rings is 1. The summed E-state index contributed by atoms with van der Waals surface area (Å²) in [4.78, 5) is 30.7. The third kappa shape index (κ3) is 5.73. The molecule has 4 heterocycles. The number of aliphatic hydroxyl groups is 2. The van der Waals surface area contributed by atoms with Crippen molar-refractivity contribution in [3.63, 3.8) is 0 Å². The van der Waals surface area contributed by atoms with Gasteiger partial charge in [-0.25, -0.2) is 4.98 Å². The van der Waals surface area contributed by atoms with Gasteiger partial charge in [0.1, 0.15) is 29.8 Å². The van der Waals surface area contributed by atoms with Crippen molar-refractivity contribution < 1.29 is 38.8 Å². The van der Waals surface area contributed by atoms with E-state index in [4.69, 9.17) is 25.8 Å². The third-order valence-electron chi connectivity index (χ3n) is 7.65. The van der Waals surface area contributed by atoms with Crippen molar-refractivity contribution in [1.82, 2.24) is 19.4 Å². The van der Waals surface area contributed by atoms with Crippen molar-refractivity contribution in [3.05, 3.63) is 17.5 Å². The van der Waals surface area contributed by atoms with E-state index in [1.54, 1.807) is 16.8 Å². The van der Waals surface area contributed by atoms with E-state index in [0.717, 1.165) is 25.7 Å². The van der Waals surface area contributed by atoms with Crippen molar-refractivity contribution in [2.75, 3.05) is 44.8 Å². The van der Waals surface area contributed by atoms with Gasteiger partial charge in [-0.2, -0.15) is 4.98 Å². The number of hydrogen-bond donors (Lipinski definition) is 5. The van der Waals surface area contributed by atoms with Crippen LogP contribution in [-0.4, -0.2) is 109 Å². The Morgan fingerprint density at radius 2 is 1.92 bits per heavy atom. The summed E-state index contributed by atoms with van der Waals surface area (Å²) in [5, 5.41) is 24.0. The van der Waals surface area contributed by atoms with E-state index >= 15 is 0 Å². The van der Waals surface area contributed by atoms with Crippen LogP contribution in [0, 0.1) is 0 Å². The van der Waals surface area contributed by atoms with E-state index < -0.39 is 37.5 Å². The average molecular weight is 576 g/mol. The zero-order chi connectivity index (χ0) is 27.1. The van der Waals surface area contributed by atoms with Gasteiger partial charge in [-0.3, -0.25) is 9.46 Å². The Morgan fingerprint density at radius 3 is 2.61 bits per heavy atom. The number of fused-ring (bicyclic) bond motifs is 1. The van der Waals surface area contributed by atoms with Crippen LogP contribution in [0.2, 0.25) is 5.28 Å². The molecule has 0 bridgehead atoms. The van der Waals surface area contributed by atoms with E-state index in [0.29, 0.717) is 49.2 Å². The molecule has 13 nitrogen and oxygen atoms in total. The number of ether oxygens (including phenoxy) is 3. The quantitative estimate of drug-likeness (QED) is 0.215. The first-order chi connectivity index (χ1) is 18.1. The van der Waals surface area contributed by atoms with Gasteiger partial charge in [0.05, 0.1) is 25.2 Å². The van der Waals surface area contributed by atoms with Crippen LogP contribution in [-0.2, 0) is 18.8 Å². The summed E-state index contributed by atoms with van der Waals surface area (Å²) < 4.78 is 31.0. The molecular formula is C23H35ClN5O8P. The van der Waals surface area contributed by atoms with Crippen LogP contribution in [0.15, 0.2) is 12.3 Å². The Labute approximate surface area is 225 Å². The van der Waals surface area contributed by atoms with E-state index in [2.05, 4.69) is 15.3 Å². The summed E-state index contributed by atoms with van der Waals surface area (Å²) in [6.45, 7) is 2.94. The number of rotatable bonds is 9. The van der Waals surface area contributed by atoms with E-state index in [-0.39, 0.29) is 18.4 Å². The maximum Gasteiger partial charge on any atom is 0.358 e. The minimum absolute atomic E-state index is 0.0239. The molecule has 5 N–H and O–H groups in total. The molecular weight excluding hydrogens is 541 g/mol. The highest BCUT2D eigenvalue weighted by Gasteiger charge is 2.49. The second-order valence-electron chi connectivity index (χ2n) is 10.4. The summed E-state index contributed by atoms with van der Waals surface area (Å²) in [5.74, 6) is 0.596. The summed E-state index contributed by atoms with van der Waals surface area (Å²) in [7, 11) is -4.71. The SMILES string of the molecule is CC(CN1CCOCC1)(OC[C@H]1O[C@@H](n2ccc3c(NC4CCCC4)nc(Cl)nc32)[C@H](O)[C@@H]1O)P(=O)(O)O.